The van der Waals surface area contributed by atoms with Crippen LogP contribution in [0.5, 0.6) is 17.4 Å². The van der Waals surface area contributed by atoms with Crippen molar-refractivity contribution in [3.8, 4) is 50.3 Å². The second-order valence-electron chi connectivity index (χ2n) is 21.6. The van der Waals surface area contributed by atoms with E-state index in [1.165, 1.54) is 29.8 Å². The van der Waals surface area contributed by atoms with Gasteiger partial charge in [-0.1, -0.05) is 60.1 Å². The summed E-state index contributed by atoms with van der Waals surface area (Å²) in [5.41, 5.74) is 4.53. The number of rotatable bonds is 21. The van der Waals surface area contributed by atoms with Crippen molar-refractivity contribution in [1.82, 2.24) is 35.1 Å². The van der Waals surface area contributed by atoms with E-state index < -0.39 is 41.1 Å². The molecule has 16 nitrogen and oxygen atoms in total. The zero-order valence-corrected chi connectivity index (χ0v) is 48.6. The molecule has 0 saturated carbocycles. The molecule has 1 fully saturated rings. The van der Waals surface area contributed by atoms with E-state index in [9.17, 15) is 18.8 Å². The lowest BCUT2D eigenvalue weighted by Crippen LogP contribution is -2.53. The maximum Gasteiger partial charge on any atom is 0.347 e. The first-order valence-electron chi connectivity index (χ1n) is 26.6. The monoisotopic (exact) mass is 1130 g/mol. The molecule has 0 bridgehead atoms. The second kappa shape index (κ2) is 26.0. The van der Waals surface area contributed by atoms with E-state index in [-0.39, 0.29) is 44.4 Å². The number of nitrogens with one attached hydrogen (secondary N) is 1. The van der Waals surface area contributed by atoms with Gasteiger partial charge in [-0.15, -0.1) is 11.3 Å². The lowest BCUT2D eigenvalue weighted by atomic mass is 9.94. The number of benzene rings is 4. The van der Waals surface area contributed by atoms with Crippen molar-refractivity contribution in [3.63, 3.8) is 0 Å². The minimum atomic E-state index is -1.31. The predicted molar refractivity (Wildman–Crippen MR) is 307 cm³/mol. The fourth-order valence-corrected chi connectivity index (χ4v) is 10.6. The average Bonchev–Trinajstić information content (AvgIpc) is 3.80. The number of likely N-dealkylation sites (N-methyl/N-ethyl adjacent to an activating group) is 1. The van der Waals surface area contributed by atoms with Crippen LogP contribution in [0.25, 0.3) is 43.2 Å². The number of halogens is 2. The summed E-state index contributed by atoms with van der Waals surface area (Å²) in [6, 6.07) is 23.9. The summed E-state index contributed by atoms with van der Waals surface area (Å²) in [6.07, 6.45) is 1.55. The summed E-state index contributed by atoms with van der Waals surface area (Å²) >= 11 is 8.72. The van der Waals surface area contributed by atoms with Crippen molar-refractivity contribution in [2.24, 2.45) is 0 Å². The van der Waals surface area contributed by atoms with Gasteiger partial charge in [0.15, 0.2) is 5.82 Å². The number of carbonyl (C=O) groups excluding carboxylic acids is 3. The number of ether oxygens (including phenoxy) is 6. The third kappa shape index (κ3) is 15.2. The number of esters is 3. The van der Waals surface area contributed by atoms with Crippen LogP contribution >= 0.6 is 22.9 Å². The quantitative estimate of drug-likeness (QED) is 0.0531. The molecule has 8 rings (SSSR count). The van der Waals surface area contributed by atoms with Crippen LogP contribution in [0.3, 0.4) is 0 Å². The Morgan fingerprint density at radius 2 is 1.57 bits per heavy atom. The Balaban J connectivity index is 1.16. The van der Waals surface area contributed by atoms with Gasteiger partial charge in [0.25, 0.3) is 0 Å². The molecule has 19 heteroatoms. The molecular formula is C61H69ClFN7O9S. The van der Waals surface area contributed by atoms with Gasteiger partial charge in [-0.05, 0) is 132 Å². The summed E-state index contributed by atoms with van der Waals surface area (Å²) < 4.78 is 50.7. The highest BCUT2D eigenvalue weighted by atomic mass is 35.5. The van der Waals surface area contributed by atoms with Crippen LogP contribution in [0.1, 0.15) is 76.4 Å². The van der Waals surface area contributed by atoms with Crippen molar-refractivity contribution in [3.05, 3.63) is 136 Å². The second-order valence-corrected chi connectivity index (χ2v) is 23.0. The third-order valence-electron chi connectivity index (χ3n) is 13.1. The molecule has 4 aromatic carbocycles. The summed E-state index contributed by atoms with van der Waals surface area (Å²) in [5.74, 6) is -0.321. The fraction of sp³-hybridized carbons (Fsp3) is 0.393. The topological polar surface area (TPSA) is 177 Å². The lowest BCUT2D eigenvalue weighted by molar-refractivity contribution is -0.158. The molecule has 1 saturated heterocycles. The minimum absolute atomic E-state index is 0.0165. The van der Waals surface area contributed by atoms with E-state index in [1.807, 2.05) is 64.1 Å². The van der Waals surface area contributed by atoms with Gasteiger partial charge >= 0.3 is 17.9 Å². The standard InChI is InChI=1S/C61H69ClFN7O9S/c1-11-75-59(73)49(32-41-30-38(31-50(71)78-60(3,4)5)16-23-47(41)76-35-43-24-25-64-55(68-43)45-14-12-13-15-48(45)74-10)77-56-52-51(54(80-57(52)67-36-66-56)39-17-20-42(63)21-18-39)44-22-19-40(53(62)37(44)2)33-65-46(58(72)79-61(6,7)8)34-70-28-26-69(9)27-29-70/h12-25,30,36,46,49,65H,11,26-29,31-35H2,1-10H3/t46-,49+/m0/s1. The SMILES string of the molecule is CCOC(=O)[C@@H](Cc1cc(CC(=O)OC(C)(C)C)ccc1OCc1ccnc(-c2ccccc2OC)n1)Oc1ncnc2sc(-c3ccc(F)cc3)c(-c3ccc(CN[C@@H](CN4CCN(C)CC4)C(=O)OC(C)(C)C)c(Cl)c3C)c12. The van der Waals surface area contributed by atoms with Crippen LogP contribution in [0, 0.1) is 12.7 Å². The maximum absolute atomic E-state index is 14.6. The molecule has 80 heavy (non-hydrogen) atoms. The van der Waals surface area contributed by atoms with Gasteiger partial charge in [0.2, 0.25) is 12.0 Å². The Morgan fingerprint density at radius 3 is 2.29 bits per heavy atom. The highest BCUT2D eigenvalue weighted by Crippen LogP contribution is 2.49. The molecular weight excluding hydrogens is 1060 g/mol. The van der Waals surface area contributed by atoms with E-state index in [0.29, 0.717) is 83.7 Å². The van der Waals surface area contributed by atoms with E-state index >= 15 is 0 Å². The summed E-state index contributed by atoms with van der Waals surface area (Å²) in [4.78, 5) is 65.6. The zero-order chi connectivity index (χ0) is 57.3. The van der Waals surface area contributed by atoms with Crippen molar-refractivity contribution < 1.29 is 47.2 Å². The van der Waals surface area contributed by atoms with Gasteiger partial charge in [0.1, 0.15) is 52.3 Å². The van der Waals surface area contributed by atoms with Crippen LogP contribution in [-0.2, 0) is 54.6 Å². The molecule has 4 heterocycles. The maximum atomic E-state index is 14.6. The number of piperazine rings is 1. The number of carbonyl (C=O) groups is 3. The van der Waals surface area contributed by atoms with E-state index in [0.717, 1.165) is 36.6 Å². The molecule has 0 unspecified atom stereocenters. The summed E-state index contributed by atoms with van der Waals surface area (Å²) in [5, 5.41) is 4.41. The zero-order valence-electron chi connectivity index (χ0n) is 47.0. The average molecular weight is 1130 g/mol. The van der Waals surface area contributed by atoms with Crippen molar-refractivity contribution >= 4 is 51.1 Å². The molecule has 3 aromatic heterocycles. The summed E-state index contributed by atoms with van der Waals surface area (Å²) in [7, 11) is 3.68. The highest BCUT2D eigenvalue weighted by molar-refractivity contribution is 7.22. The smallest absolute Gasteiger partial charge is 0.347 e. The summed E-state index contributed by atoms with van der Waals surface area (Å²) in [6.45, 7) is 18.8. The molecule has 7 aromatic rings. The molecule has 1 aliphatic heterocycles. The normalized spacial score (nSPS) is 14.1. The Morgan fingerprint density at radius 1 is 0.838 bits per heavy atom. The van der Waals surface area contributed by atoms with Crippen molar-refractivity contribution in [2.75, 3.05) is 53.5 Å². The highest BCUT2D eigenvalue weighted by Gasteiger charge is 2.32. The van der Waals surface area contributed by atoms with Crippen LogP contribution in [0.15, 0.2) is 97.5 Å². The molecule has 1 aliphatic rings. The number of hydrogen-bond acceptors (Lipinski definition) is 17. The number of methoxy groups -OCH3 is 1. The first kappa shape index (κ1) is 59.0. The van der Waals surface area contributed by atoms with Gasteiger partial charge in [0, 0.05) is 67.3 Å². The Kier molecular flexibility index (Phi) is 19.2. The molecule has 0 radical (unpaired) electrons. The molecule has 2 atom stereocenters. The molecule has 0 amide bonds. The van der Waals surface area contributed by atoms with Gasteiger partial charge < -0.3 is 33.3 Å². The molecule has 0 spiro atoms. The van der Waals surface area contributed by atoms with Gasteiger partial charge in [-0.3, -0.25) is 19.8 Å². The van der Waals surface area contributed by atoms with Crippen molar-refractivity contribution in [1.29, 1.82) is 0 Å². The Labute approximate surface area is 475 Å². The number of fused-ring (bicyclic) bond motifs is 1. The number of hydrogen-bond donors (Lipinski definition) is 1. The Hall–Kier alpha value is -7.09. The van der Waals surface area contributed by atoms with Gasteiger partial charge in [-0.2, -0.15) is 0 Å². The minimum Gasteiger partial charge on any atom is -0.496 e. The first-order chi connectivity index (χ1) is 38.2. The number of aromatic nitrogens is 4. The largest absolute Gasteiger partial charge is 0.496 e. The van der Waals surface area contributed by atoms with E-state index in [4.69, 9.17) is 50.0 Å². The van der Waals surface area contributed by atoms with E-state index in [2.05, 4.69) is 32.1 Å². The Bertz CT molecular complexity index is 3320. The number of nitrogens with zero attached hydrogens (tertiary/aromatic N) is 6. The van der Waals surface area contributed by atoms with Crippen LogP contribution in [0.2, 0.25) is 5.02 Å². The molecule has 0 aliphatic carbocycles. The van der Waals surface area contributed by atoms with Crippen molar-refractivity contribution in [2.45, 2.75) is 105 Å². The predicted octanol–water partition coefficient (Wildman–Crippen LogP) is 10.7. The van der Waals surface area contributed by atoms with Crippen LogP contribution in [-0.4, -0.2) is 124 Å². The third-order valence-corrected chi connectivity index (χ3v) is 14.8. The molecule has 422 valence electrons. The fourth-order valence-electron chi connectivity index (χ4n) is 9.24. The molecule has 1 N–H and O–H groups in total. The van der Waals surface area contributed by atoms with E-state index in [1.54, 1.807) is 77.4 Å². The van der Waals surface area contributed by atoms with Crippen LogP contribution < -0.4 is 19.5 Å². The van der Waals surface area contributed by atoms with Gasteiger partial charge in [0.05, 0.1) is 36.8 Å². The first-order valence-corrected chi connectivity index (χ1v) is 27.8. The van der Waals surface area contributed by atoms with Gasteiger partial charge in [-0.25, -0.2) is 29.1 Å². The number of thiophene rings is 1. The number of para-hydroxylation sites is 1. The lowest BCUT2D eigenvalue weighted by Gasteiger charge is -2.35. The van der Waals surface area contributed by atoms with Crippen LogP contribution in [0.4, 0.5) is 4.39 Å².